The number of rotatable bonds is 6. The number of hydrogen-bond acceptors (Lipinski definition) is 5. The van der Waals surface area contributed by atoms with E-state index in [4.69, 9.17) is 0 Å². The van der Waals surface area contributed by atoms with Gasteiger partial charge in [0.1, 0.15) is 10.9 Å². The number of H-pyrrole nitrogens is 1. The number of amides is 1. The third-order valence-corrected chi connectivity index (χ3v) is 6.97. The lowest BCUT2D eigenvalue weighted by molar-refractivity contribution is -0.119. The Balaban J connectivity index is 1.99. The second kappa shape index (κ2) is 8.65. The molecule has 158 valence electrons. The lowest BCUT2D eigenvalue weighted by Gasteiger charge is -2.20. The van der Waals surface area contributed by atoms with Crippen molar-refractivity contribution in [1.82, 2.24) is 15.3 Å². The fraction of sp³-hybridized carbons (Fsp3) is 0.273. The Morgan fingerprint density at radius 1 is 1.07 bits per heavy atom. The summed E-state index contributed by atoms with van der Waals surface area (Å²) in [4.78, 5) is 19.9. The molecule has 0 aliphatic carbocycles. The van der Waals surface area contributed by atoms with Crippen molar-refractivity contribution < 1.29 is 13.2 Å². The molecule has 0 aliphatic rings. The molecule has 6 nitrogen and oxygen atoms in total. The van der Waals surface area contributed by atoms with Gasteiger partial charge in [-0.05, 0) is 39.8 Å². The van der Waals surface area contributed by atoms with E-state index in [-0.39, 0.29) is 32.1 Å². The van der Waals surface area contributed by atoms with Crippen LogP contribution < -0.4 is 5.32 Å². The Bertz CT molecular complexity index is 1130. The van der Waals surface area contributed by atoms with E-state index in [1.54, 1.807) is 30.3 Å². The molecular weight excluding hydrogens is 418 g/mol. The molecule has 2 aromatic carbocycles. The Morgan fingerprint density at radius 2 is 1.70 bits per heavy atom. The van der Waals surface area contributed by atoms with E-state index in [2.05, 4.69) is 15.3 Å². The second-order valence-corrected chi connectivity index (χ2v) is 10.8. The summed E-state index contributed by atoms with van der Waals surface area (Å²) in [5, 5.41) is 3.15. The van der Waals surface area contributed by atoms with Crippen LogP contribution in [0.3, 0.4) is 0 Å². The van der Waals surface area contributed by atoms with Crippen LogP contribution in [0.2, 0.25) is 0 Å². The van der Waals surface area contributed by atoms with E-state index in [1.807, 2.05) is 52.0 Å². The van der Waals surface area contributed by atoms with Crippen LogP contribution in [0.25, 0.3) is 11.4 Å². The summed E-state index contributed by atoms with van der Waals surface area (Å²) in [6.07, 6.45) is 0. The Hall–Kier alpha value is -2.58. The molecule has 1 aromatic heterocycles. The monoisotopic (exact) mass is 443 g/mol. The molecule has 0 saturated carbocycles. The zero-order valence-electron chi connectivity index (χ0n) is 17.4. The van der Waals surface area contributed by atoms with Gasteiger partial charge in [-0.25, -0.2) is 13.4 Å². The molecule has 0 bridgehead atoms. The highest BCUT2D eigenvalue weighted by atomic mass is 32.2. The van der Waals surface area contributed by atoms with Crippen LogP contribution >= 0.6 is 11.8 Å². The fourth-order valence-corrected chi connectivity index (χ4v) is 5.22. The van der Waals surface area contributed by atoms with Crippen LogP contribution in [-0.2, 0) is 14.6 Å². The first-order chi connectivity index (χ1) is 14.1. The van der Waals surface area contributed by atoms with Gasteiger partial charge >= 0.3 is 0 Å². The zero-order chi connectivity index (χ0) is 21.9. The molecule has 30 heavy (non-hydrogen) atoms. The third-order valence-electron chi connectivity index (χ3n) is 4.14. The van der Waals surface area contributed by atoms with Crippen molar-refractivity contribution in [3.63, 3.8) is 0 Å². The average Bonchev–Trinajstić information content (AvgIpc) is 3.11. The summed E-state index contributed by atoms with van der Waals surface area (Å²) in [7, 11) is -3.82. The molecule has 8 heteroatoms. The summed E-state index contributed by atoms with van der Waals surface area (Å²) >= 11 is 1.10. The first-order valence-electron chi connectivity index (χ1n) is 9.47. The van der Waals surface area contributed by atoms with Crippen LogP contribution in [0.4, 0.5) is 0 Å². The molecule has 0 unspecified atom stereocenters. The fourth-order valence-electron chi connectivity index (χ4n) is 2.78. The number of aryl methyl sites for hydroxylation is 1. The number of aromatic nitrogens is 2. The lowest BCUT2D eigenvalue weighted by atomic mass is 10.1. The first-order valence-corrected chi connectivity index (χ1v) is 11.9. The van der Waals surface area contributed by atoms with E-state index in [9.17, 15) is 13.2 Å². The Kier molecular flexibility index (Phi) is 6.38. The van der Waals surface area contributed by atoms with E-state index in [0.29, 0.717) is 5.82 Å². The summed E-state index contributed by atoms with van der Waals surface area (Å²) in [6.45, 7) is 7.66. The van der Waals surface area contributed by atoms with Gasteiger partial charge in [-0.3, -0.25) is 4.79 Å². The van der Waals surface area contributed by atoms with Gasteiger partial charge in [-0.1, -0.05) is 59.8 Å². The van der Waals surface area contributed by atoms with Crippen LogP contribution in [0.5, 0.6) is 0 Å². The molecule has 0 saturated heterocycles. The van der Waals surface area contributed by atoms with Crippen LogP contribution in [0, 0.1) is 6.92 Å². The maximum atomic E-state index is 13.2. The highest BCUT2D eigenvalue weighted by Crippen LogP contribution is 2.32. The van der Waals surface area contributed by atoms with Gasteiger partial charge in [0.25, 0.3) is 0 Å². The van der Waals surface area contributed by atoms with Gasteiger partial charge in [0.05, 0.1) is 10.6 Å². The van der Waals surface area contributed by atoms with E-state index >= 15 is 0 Å². The number of sulfone groups is 1. The number of nitrogens with zero attached hydrogens (tertiary/aromatic N) is 1. The number of carbonyl (C=O) groups excluding carboxylic acids is 1. The quantitative estimate of drug-likeness (QED) is 0.557. The molecule has 2 N–H and O–H groups in total. The molecule has 0 radical (unpaired) electrons. The normalized spacial score (nSPS) is 12.0. The van der Waals surface area contributed by atoms with Crippen LogP contribution in [0.1, 0.15) is 26.3 Å². The number of hydrogen-bond donors (Lipinski definition) is 2. The van der Waals surface area contributed by atoms with Crippen molar-refractivity contribution in [2.24, 2.45) is 0 Å². The topological polar surface area (TPSA) is 91.9 Å². The summed E-state index contributed by atoms with van der Waals surface area (Å²) < 4.78 is 26.5. The molecule has 0 atom stereocenters. The average molecular weight is 444 g/mol. The van der Waals surface area contributed by atoms with E-state index < -0.39 is 9.84 Å². The number of aromatic amines is 1. The molecule has 3 rings (SSSR count). The number of thioether (sulfide) groups is 1. The van der Waals surface area contributed by atoms with Gasteiger partial charge in [0, 0.05) is 11.1 Å². The summed E-state index contributed by atoms with van der Waals surface area (Å²) in [5.74, 6) is 0.325. The minimum absolute atomic E-state index is 0.00201. The highest BCUT2D eigenvalue weighted by molar-refractivity contribution is 8.00. The van der Waals surface area contributed by atoms with Crippen molar-refractivity contribution >= 4 is 27.5 Å². The van der Waals surface area contributed by atoms with Gasteiger partial charge in [0.2, 0.25) is 15.7 Å². The van der Waals surface area contributed by atoms with Crippen molar-refractivity contribution in [3.8, 4) is 11.4 Å². The van der Waals surface area contributed by atoms with E-state index in [0.717, 1.165) is 22.9 Å². The predicted octanol–water partition coefficient (Wildman–Crippen LogP) is 4.22. The molecule has 1 amide bonds. The molecular formula is C22H25N3O3S2. The number of imidazole rings is 1. The zero-order valence-corrected chi connectivity index (χ0v) is 19.0. The SMILES string of the molecule is Cc1ccc(-c2nc(SCC(=O)NC(C)(C)C)c(S(=O)(=O)c3ccccc3)[nH]2)cc1. The molecule has 0 fully saturated rings. The number of nitrogens with one attached hydrogen (secondary N) is 2. The minimum atomic E-state index is -3.82. The van der Waals surface area contributed by atoms with Crippen molar-refractivity contribution in [2.75, 3.05) is 5.75 Å². The van der Waals surface area contributed by atoms with Gasteiger partial charge in [-0.2, -0.15) is 0 Å². The predicted molar refractivity (Wildman–Crippen MR) is 119 cm³/mol. The first kappa shape index (κ1) is 22.1. The number of carbonyl (C=O) groups is 1. The van der Waals surface area contributed by atoms with Crippen LogP contribution in [0.15, 0.2) is 69.5 Å². The maximum Gasteiger partial charge on any atom is 0.230 e. The molecule has 0 aliphatic heterocycles. The lowest BCUT2D eigenvalue weighted by Crippen LogP contribution is -2.41. The van der Waals surface area contributed by atoms with Crippen molar-refractivity contribution in [3.05, 3.63) is 60.2 Å². The smallest absolute Gasteiger partial charge is 0.230 e. The third kappa shape index (κ3) is 5.31. The Morgan fingerprint density at radius 3 is 2.30 bits per heavy atom. The van der Waals surface area contributed by atoms with Crippen LogP contribution in [-0.4, -0.2) is 35.6 Å². The minimum Gasteiger partial charge on any atom is -0.351 e. The maximum absolute atomic E-state index is 13.2. The molecule has 0 spiro atoms. The van der Waals surface area contributed by atoms with Gasteiger partial charge in [0.15, 0.2) is 5.03 Å². The highest BCUT2D eigenvalue weighted by Gasteiger charge is 2.27. The Labute approximate surface area is 181 Å². The molecule has 3 aromatic rings. The summed E-state index contributed by atoms with van der Waals surface area (Å²) in [6, 6.07) is 15.8. The van der Waals surface area contributed by atoms with Crippen molar-refractivity contribution in [2.45, 2.75) is 48.2 Å². The second-order valence-electron chi connectivity index (χ2n) is 7.99. The van der Waals surface area contributed by atoms with Crippen molar-refractivity contribution in [1.29, 1.82) is 0 Å². The molecule has 1 heterocycles. The largest absolute Gasteiger partial charge is 0.351 e. The van der Waals surface area contributed by atoms with Gasteiger partial charge < -0.3 is 10.3 Å². The summed E-state index contributed by atoms with van der Waals surface area (Å²) in [5.41, 5.74) is 1.50. The number of benzene rings is 2. The standard InChI is InChI=1S/C22H25N3O3S2/c1-15-10-12-16(13-11-15)19-23-20(29-14-18(26)25-22(2,3)4)21(24-19)30(27,28)17-8-6-5-7-9-17/h5-13H,14H2,1-4H3,(H,23,24)(H,25,26). The van der Waals surface area contributed by atoms with E-state index in [1.165, 1.54) is 0 Å². The van der Waals surface area contributed by atoms with Gasteiger partial charge in [-0.15, -0.1) is 0 Å².